The summed E-state index contributed by atoms with van der Waals surface area (Å²) in [7, 11) is 1.43. The van der Waals surface area contributed by atoms with Crippen LogP contribution < -0.4 is 0 Å². The molecule has 0 unspecified atom stereocenters. The number of esters is 1. The Morgan fingerprint density at radius 3 is 2.15 bits per heavy atom. The first-order chi connectivity index (χ1) is 9.51. The van der Waals surface area contributed by atoms with Crippen LogP contribution in [0.1, 0.15) is 22.3 Å². The number of aryl methyl sites for hydroxylation is 3. The van der Waals surface area contributed by atoms with Crippen molar-refractivity contribution in [1.82, 2.24) is 0 Å². The molecule has 2 rings (SSSR count). The lowest BCUT2D eigenvalue weighted by Crippen LogP contribution is -2.06. The second kappa shape index (κ2) is 5.91. The molecule has 0 saturated carbocycles. The van der Waals surface area contributed by atoms with Crippen LogP contribution in [0.15, 0.2) is 36.4 Å². The van der Waals surface area contributed by atoms with E-state index in [0.717, 1.165) is 16.7 Å². The summed E-state index contributed by atoms with van der Waals surface area (Å²) in [5.74, 6) is -0.207. The van der Waals surface area contributed by atoms with Crippen molar-refractivity contribution in [2.45, 2.75) is 27.2 Å². The number of carbonyl (C=O) groups excluding carboxylic acids is 1. The molecular weight excluding hydrogens is 248 g/mol. The Bertz CT molecular complexity index is 642. The van der Waals surface area contributed by atoms with Gasteiger partial charge in [-0.1, -0.05) is 47.5 Å². The molecule has 0 fully saturated rings. The zero-order chi connectivity index (χ0) is 14.7. The van der Waals surface area contributed by atoms with Gasteiger partial charge in [-0.3, -0.25) is 4.79 Å². The smallest absolute Gasteiger partial charge is 0.309 e. The van der Waals surface area contributed by atoms with Crippen molar-refractivity contribution >= 4 is 5.97 Å². The van der Waals surface area contributed by atoms with E-state index < -0.39 is 0 Å². The Morgan fingerprint density at radius 2 is 1.55 bits per heavy atom. The van der Waals surface area contributed by atoms with Gasteiger partial charge >= 0.3 is 5.97 Å². The predicted molar refractivity (Wildman–Crippen MR) is 81.8 cm³/mol. The van der Waals surface area contributed by atoms with Gasteiger partial charge in [-0.05, 0) is 43.0 Å². The van der Waals surface area contributed by atoms with E-state index in [1.54, 1.807) is 0 Å². The second-order valence-electron chi connectivity index (χ2n) is 5.23. The van der Waals surface area contributed by atoms with Crippen LogP contribution >= 0.6 is 0 Å². The highest BCUT2D eigenvalue weighted by atomic mass is 16.5. The summed E-state index contributed by atoms with van der Waals surface area (Å²) in [6, 6.07) is 12.6. The third kappa shape index (κ3) is 3.08. The average molecular weight is 268 g/mol. The van der Waals surface area contributed by atoms with Gasteiger partial charge in [-0.15, -0.1) is 0 Å². The van der Waals surface area contributed by atoms with Crippen molar-refractivity contribution in [3.8, 4) is 11.1 Å². The quantitative estimate of drug-likeness (QED) is 0.787. The molecule has 0 radical (unpaired) electrons. The van der Waals surface area contributed by atoms with E-state index in [0.29, 0.717) is 6.42 Å². The number of ether oxygens (including phenoxy) is 1. The fourth-order valence-electron chi connectivity index (χ4n) is 2.47. The summed E-state index contributed by atoms with van der Waals surface area (Å²) in [5, 5.41) is 0. The average Bonchev–Trinajstić information content (AvgIpc) is 2.40. The van der Waals surface area contributed by atoms with Crippen molar-refractivity contribution in [2.75, 3.05) is 7.11 Å². The van der Waals surface area contributed by atoms with E-state index in [9.17, 15) is 4.79 Å². The molecule has 0 saturated heterocycles. The molecule has 0 aliphatic heterocycles. The van der Waals surface area contributed by atoms with Crippen molar-refractivity contribution in [1.29, 1.82) is 0 Å². The minimum Gasteiger partial charge on any atom is -0.469 e. The first-order valence-corrected chi connectivity index (χ1v) is 6.75. The topological polar surface area (TPSA) is 26.3 Å². The molecule has 2 aromatic rings. The zero-order valence-corrected chi connectivity index (χ0v) is 12.5. The highest BCUT2D eigenvalue weighted by molar-refractivity contribution is 5.79. The number of hydrogen-bond donors (Lipinski definition) is 0. The Kier molecular flexibility index (Phi) is 4.23. The van der Waals surface area contributed by atoms with E-state index in [2.05, 4.69) is 50.2 Å². The molecule has 2 nitrogen and oxygen atoms in total. The molecular formula is C18H20O2. The fourth-order valence-corrected chi connectivity index (χ4v) is 2.47. The lowest BCUT2D eigenvalue weighted by Gasteiger charge is -2.13. The minimum absolute atomic E-state index is 0.207. The van der Waals surface area contributed by atoms with Gasteiger partial charge < -0.3 is 4.74 Å². The summed E-state index contributed by atoms with van der Waals surface area (Å²) in [6.07, 6.45) is 0.306. The van der Waals surface area contributed by atoms with Gasteiger partial charge in [-0.2, -0.15) is 0 Å². The van der Waals surface area contributed by atoms with E-state index >= 15 is 0 Å². The molecule has 0 atom stereocenters. The lowest BCUT2D eigenvalue weighted by atomic mass is 9.92. The van der Waals surface area contributed by atoms with Crippen LogP contribution in [0.25, 0.3) is 11.1 Å². The maximum absolute atomic E-state index is 11.6. The van der Waals surface area contributed by atoms with Gasteiger partial charge in [-0.25, -0.2) is 0 Å². The van der Waals surface area contributed by atoms with Crippen molar-refractivity contribution in [3.05, 3.63) is 58.7 Å². The van der Waals surface area contributed by atoms with Crippen LogP contribution in [0.4, 0.5) is 0 Å². The molecule has 0 spiro atoms. The molecule has 0 aliphatic carbocycles. The van der Waals surface area contributed by atoms with Gasteiger partial charge in [0, 0.05) is 0 Å². The monoisotopic (exact) mass is 268 g/mol. The lowest BCUT2D eigenvalue weighted by molar-refractivity contribution is -0.139. The van der Waals surface area contributed by atoms with Crippen LogP contribution in [0.5, 0.6) is 0 Å². The number of benzene rings is 2. The Morgan fingerprint density at radius 1 is 0.950 bits per heavy atom. The minimum atomic E-state index is -0.207. The van der Waals surface area contributed by atoms with Crippen LogP contribution in [-0.4, -0.2) is 13.1 Å². The van der Waals surface area contributed by atoms with Gasteiger partial charge in [0.15, 0.2) is 0 Å². The van der Waals surface area contributed by atoms with Crippen molar-refractivity contribution < 1.29 is 9.53 Å². The summed E-state index contributed by atoms with van der Waals surface area (Å²) in [6.45, 7) is 6.22. The summed E-state index contributed by atoms with van der Waals surface area (Å²) < 4.78 is 4.80. The van der Waals surface area contributed by atoms with Crippen LogP contribution in [0, 0.1) is 20.8 Å². The van der Waals surface area contributed by atoms with Crippen LogP contribution in [-0.2, 0) is 16.0 Å². The van der Waals surface area contributed by atoms with Crippen molar-refractivity contribution in [2.24, 2.45) is 0 Å². The molecule has 0 aliphatic rings. The molecule has 0 heterocycles. The standard InChI is InChI=1S/C18H20O2/c1-12-5-7-16(14(3)9-12)17-8-6-13(2)10-15(17)11-18(19)20-4/h5-10H,11H2,1-4H3. The van der Waals surface area contributed by atoms with E-state index in [4.69, 9.17) is 4.74 Å². The predicted octanol–water partition coefficient (Wildman–Crippen LogP) is 3.99. The number of hydrogen-bond acceptors (Lipinski definition) is 2. The van der Waals surface area contributed by atoms with E-state index in [1.807, 2.05) is 6.92 Å². The first-order valence-electron chi connectivity index (χ1n) is 6.75. The Hall–Kier alpha value is -2.09. The van der Waals surface area contributed by atoms with Crippen LogP contribution in [0.2, 0.25) is 0 Å². The van der Waals surface area contributed by atoms with Gasteiger partial charge in [0.25, 0.3) is 0 Å². The molecule has 0 aromatic heterocycles. The number of rotatable bonds is 3. The Labute approximate surface area is 120 Å². The molecule has 0 N–H and O–H groups in total. The normalized spacial score (nSPS) is 10.4. The van der Waals surface area contributed by atoms with Crippen LogP contribution in [0.3, 0.4) is 0 Å². The fraction of sp³-hybridized carbons (Fsp3) is 0.278. The maximum atomic E-state index is 11.6. The van der Waals surface area contributed by atoms with Gasteiger partial charge in [0.05, 0.1) is 13.5 Å². The van der Waals surface area contributed by atoms with E-state index in [1.165, 1.54) is 23.8 Å². The molecule has 2 aromatic carbocycles. The second-order valence-corrected chi connectivity index (χ2v) is 5.23. The molecule has 20 heavy (non-hydrogen) atoms. The largest absolute Gasteiger partial charge is 0.469 e. The highest BCUT2D eigenvalue weighted by Gasteiger charge is 2.11. The first kappa shape index (κ1) is 14.3. The summed E-state index contributed by atoms with van der Waals surface area (Å²) in [5.41, 5.74) is 6.92. The molecule has 104 valence electrons. The molecule has 0 amide bonds. The number of methoxy groups -OCH3 is 1. The third-order valence-corrected chi connectivity index (χ3v) is 3.50. The zero-order valence-electron chi connectivity index (χ0n) is 12.5. The molecule has 0 bridgehead atoms. The van der Waals surface area contributed by atoms with Gasteiger partial charge in [0.1, 0.15) is 0 Å². The SMILES string of the molecule is COC(=O)Cc1cc(C)ccc1-c1ccc(C)cc1C. The molecule has 2 heteroatoms. The van der Waals surface area contributed by atoms with Crippen molar-refractivity contribution in [3.63, 3.8) is 0 Å². The van der Waals surface area contributed by atoms with Gasteiger partial charge in [0.2, 0.25) is 0 Å². The number of carbonyl (C=O) groups is 1. The maximum Gasteiger partial charge on any atom is 0.309 e. The Balaban J connectivity index is 2.52. The highest BCUT2D eigenvalue weighted by Crippen LogP contribution is 2.29. The summed E-state index contributed by atoms with van der Waals surface area (Å²) in [4.78, 5) is 11.6. The summed E-state index contributed by atoms with van der Waals surface area (Å²) >= 11 is 0. The third-order valence-electron chi connectivity index (χ3n) is 3.50. The van der Waals surface area contributed by atoms with E-state index in [-0.39, 0.29) is 5.97 Å².